The molecule has 4 heteroatoms. The maximum Gasteiger partial charge on any atom is 0.224 e. The smallest absolute Gasteiger partial charge is 0.224 e. The van der Waals surface area contributed by atoms with E-state index in [0.29, 0.717) is 5.92 Å². The lowest BCUT2D eigenvalue weighted by Crippen LogP contribution is -2.45. The van der Waals surface area contributed by atoms with E-state index in [0.717, 1.165) is 52.0 Å². The summed E-state index contributed by atoms with van der Waals surface area (Å²) in [5.74, 6) is 1.00. The standard InChI is InChI=1S/C16H33N3O/c1-5-19(6-2)9-7-8-14(4)18-16(20)15-10-13(3)11-17-12-15/h13-15,17H,5-12H2,1-4H3,(H,18,20). The van der Waals surface area contributed by atoms with Crippen LogP contribution in [0.25, 0.3) is 0 Å². The van der Waals surface area contributed by atoms with E-state index in [1.54, 1.807) is 0 Å². The molecule has 0 aromatic carbocycles. The van der Waals surface area contributed by atoms with Gasteiger partial charge in [0.2, 0.25) is 5.91 Å². The van der Waals surface area contributed by atoms with Crippen LogP contribution in [0.5, 0.6) is 0 Å². The molecule has 0 aliphatic carbocycles. The highest BCUT2D eigenvalue weighted by atomic mass is 16.1. The van der Waals surface area contributed by atoms with Crippen molar-refractivity contribution < 1.29 is 4.79 Å². The van der Waals surface area contributed by atoms with Gasteiger partial charge in [-0.2, -0.15) is 0 Å². The summed E-state index contributed by atoms with van der Waals surface area (Å²) in [6, 6.07) is 0.287. The zero-order valence-electron chi connectivity index (χ0n) is 13.7. The monoisotopic (exact) mass is 283 g/mol. The first-order valence-corrected chi connectivity index (χ1v) is 8.30. The molecule has 2 N–H and O–H groups in total. The number of rotatable bonds is 8. The first-order chi connectivity index (χ1) is 9.56. The number of carbonyl (C=O) groups excluding carboxylic acids is 1. The molecule has 0 aromatic heterocycles. The molecule has 3 unspecified atom stereocenters. The Hall–Kier alpha value is -0.610. The summed E-state index contributed by atoms with van der Waals surface area (Å²) < 4.78 is 0. The lowest BCUT2D eigenvalue weighted by Gasteiger charge is -2.28. The summed E-state index contributed by atoms with van der Waals surface area (Å²) in [5, 5.41) is 6.53. The number of hydrogen-bond acceptors (Lipinski definition) is 3. The van der Waals surface area contributed by atoms with Crippen LogP contribution in [0.2, 0.25) is 0 Å². The van der Waals surface area contributed by atoms with Gasteiger partial charge in [-0.05, 0) is 58.3 Å². The Balaban J connectivity index is 2.20. The van der Waals surface area contributed by atoms with Crippen molar-refractivity contribution in [3.63, 3.8) is 0 Å². The second-order valence-electron chi connectivity index (χ2n) is 6.27. The summed E-state index contributed by atoms with van der Waals surface area (Å²) in [6.07, 6.45) is 3.24. The lowest BCUT2D eigenvalue weighted by atomic mass is 9.91. The minimum atomic E-state index is 0.156. The van der Waals surface area contributed by atoms with Gasteiger partial charge >= 0.3 is 0 Å². The number of hydrogen-bond donors (Lipinski definition) is 2. The maximum absolute atomic E-state index is 12.2. The molecule has 1 saturated heterocycles. The van der Waals surface area contributed by atoms with E-state index < -0.39 is 0 Å². The zero-order chi connectivity index (χ0) is 15.0. The molecule has 0 saturated carbocycles. The van der Waals surface area contributed by atoms with E-state index in [2.05, 4.69) is 43.2 Å². The molecule has 20 heavy (non-hydrogen) atoms. The molecule has 0 radical (unpaired) electrons. The normalized spacial score (nSPS) is 24.6. The highest BCUT2D eigenvalue weighted by Gasteiger charge is 2.25. The Morgan fingerprint density at radius 3 is 2.65 bits per heavy atom. The number of piperidine rings is 1. The molecular weight excluding hydrogens is 250 g/mol. The average molecular weight is 283 g/mol. The van der Waals surface area contributed by atoms with Crippen molar-refractivity contribution in [2.45, 2.75) is 53.0 Å². The van der Waals surface area contributed by atoms with Crippen molar-refractivity contribution in [2.75, 3.05) is 32.7 Å². The molecule has 0 aromatic rings. The number of amides is 1. The molecule has 1 aliphatic rings. The Morgan fingerprint density at radius 1 is 1.35 bits per heavy atom. The van der Waals surface area contributed by atoms with Crippen LogP contribution in [-0.2, 0) is 4.79 Å². The molecule has 0 spiro atoms. The number of carbonyl (C=O) groups is 1. The van der Waals surface area contributed by atoms with Gasteiger partial charge < -0.3 is 15.5 Å². The molecule has 118 valence electrons. The van der Waals surface area contributed by atoms with Crippen LogP contribution in [0.15, 0.2) is 0 Å². The van der Waals surface area contributed by atoms with Gasteiger partial charge in [-0.15, -0.1) is 0 Å². The largest absolute Gasteiger partial charge is 0.353 e. The minimum Gasteiger partial charge on any atom is -0.353 e. The summed E-state index contributed by atoms with van der Waals surface area (Å²) >= 11 is 0. The van der Waals surface area contributed by atoms with Crippen LogP contribution in [0, 0.1) is 11.8 Å². The molecule has 3 atom stereocenters. The topological polar surface area (TPSA) is 44.4 Å². The molecule has 1 rings (SSSR count). The van der Waals surface area contributed by atoms with Gasteiger partial charge in [0, 0.05) is 12.6 Å². The predicted molar refractivity (Wildman–Crippen MR) is 84.8 cm³/mol. The van der Waals surface area contributed by atoms with Gasteiger partial charge in [-0.1, -0.05) is 20.8 Å². The SMILES string of the molecule is CCN(CC)CCCC(C)NC(=O)C1CNCC(C)C1. The number of nitrogens with zero attached hydrogens (tertiary/aromatic N) is 1. The van der Waals surface area contributed by atoms with Gasteiger partial charge in [-0.25, -0.2) is 0 Å². The molecule has 1 amide bonds. The van der Waals surface area contributed by atoms with Gasteiger partial charge in [-0.3, -0.25) is 4.79 Å². The summed E-state index contributed by atoms with van der Waals surface area (Å²) in [4.78, 5) is 14.6. The number of nitrogens with one attached hydrogen (secondary N) is 2. The Bertz CT molecular complexity index is 279. The fourth-order valence-corrected chi connectivity index (χ4v) is 2.95. The second kappa shape index (κ2) is 9.35. The van der Waals surface area contributed by atoms with Crippen molar-refractivity contribution in [1.82, 2.24) is 15.5 Å². The molecule has 1 heterocycles. The van der Waals surface area contributed by atoms with Crippen molar-refractivity contribution in [3.8, 4) is 0 Å². The molecule has 1 aliphatic heterocycles. The van der Waals surface area contributed by atoms with Gasteiger partial charge in [0.05, 0.1) is 5.92 Å². The first-order valence-electron chi connectivity index (χ1n) is 8.30. The van der Waals surface area contributed by atoms with Crippen LogP contribution < -0.4 is 10.6 Å². The van der Waals surface area contributed by atoms with E-state index in [9.17, 15) is 4.79 Å². The zero-order valence-corrected chi connectivity index (χ0v) is 13.7. The Kier molecular flexibility index (Phi) is 8.15. The second-order valence-corrected chi connectivity index (χ2v) is 6.27. The van der Waals surface area contributed by atoms with Crippen LogP contribution in [0.3, 0.4) is 0 Å². The van der Waals surface area contributed by atoms with Crippen molar-refractivity contribution >= 4 is 5.91 Å². The van der Waals surface area contributed by atoms with Crippen molar-refractivity contribution in [2.24, 2.45) is 11.8 Å². The van der Waals surface area contributed by atoms with Gasteiger partial charge in [0.15, 0.2) is 0 Å². The molecule has 0 bridgehead atoms. The first kappa shape index (κ1) is 17.4. The summed E-state index contributed by atoms with van der Waals surface area (Å²) in [6.45, 7) is 14.0. The van der Waals surface area contributed by atoms with Crippen molar-refractivity contribution in [1.29, 1.82) is 0 Å². The minimum absolute atomic E-state index is 0.156. The third kappa shape index (κ3) is 6.23. The van der Waals surface area contributed by atoms with E-state index in [-0.39, 0.29) is 17.9 Å². The van der Waals surface area contributed by atoms with Crippen LogP contribution in [0.1, 0.15) is 47.0 Å². The molecule has 4 nitrogen and oxygen atoms in total. The fraction of sp³-hybridized carbons (Fsp3) is 0.938. The average Bonchev–Trinajstić information content (AvgIpc) is 2.43. The summed E-state index contributed by atoms with van der Waals surface area (Å²) in [5.41, 5.74) is 0. The van der Waals surface area contributed by atoms with Crippen molar-refractivity contribution in [3.05, 3.63) is 0 Å². The molecular formula is C16H33N3O. The third-order valence-corrected chi connectivity index (χ3v) is 4.34. The van der Waals surface area contributed by atoms with Gasteiger partial charge in [0.1, 0.15) is 0 Å². The van der Waals surface area contributed by atoms with E-state index in [4.69, 9.17) is 0 Å². The third-order valence-electron chi connectivity index (χ3n) is 4.34. The maximum atomic E-state index is 12.2. The lowest BCUT2D eigenvalue weighted by molar-refractivity contribution is -0.126. The molecule has 1 fully saturated rings. The summed E-state index contributed by atoms with van der Waals surface area (Å²) in [7, 11) is 0. The van der Waals surface area contributed by atoms with Crippen LogP contribution >= 0.6 is 0 Å². The highest BCUT2D eigenvalue weighted by Crippen LogP contribution is 2.16. The highest BCUT2D eigenvalue weighted by molar-refractivity contribution is 5.79. The van der Waals surface area contributed by atoms with E-state index in [1.807, 2.05) is 0 Å². The van der Waals surface area contributed by atoms with Gasteiger partial charge in [0.25, 0.3) is 0 Å². The van der Waals surface area contributed by atoms with Crippen LogP contribution in [-0.4, -0.2) is 49.6 Å². The predicted octanol–water partition coefficient (Wildman–Crippen LogP) is 1.86. The fourth-order valence-electron chi connectivity index (χ4n) is 2.95. The Morgan fingerprint density at radius 2 is 2.05 bits per heavy atom. The van der Waals surface area contributed by atoms with Crippen LogP contribution in [0.4, 0.5) is 0 Å². The van der Waals surface area contributed by atoms with E-state index in [1.165, 1.54) is 0 Å². The van der Waals surface area contributed by atoms with E-state index >= 15 is 0 Å². The quantitative estimate of drug-likeness (QED) is 0.714. The Labute approximate surface area is 124 Å².